The third kappa shape index (κ3) is 3.92. The number of anilines is 1. The van der Waals surface area contributed by atoms with Crippen LogP contribution in [0.4, 0.5) is 10.6 Å². The average molecular weight is 359 g/mol. The number of rotatable bonds is 2. The molecule has 0 bridgehead atoms. The number of nitrogens with zero attached hydrogens (tertiary/aromatic N) is 4. The van der Waals surface area contributed by atoms with Crippen LogP contribution in [0.5, 0.6) is 0 Å². The monoisotopic (exact) mass is 359 g/mol. The molecule has 1 N–H and O–H groups in total. The van der Waals surface area contributed by atoms with Gasteiger partial charge in [-0.25, -0.2) is 4.79 Å². The van der Waals surface area contributed by atoms with Crippen molar-refractivity contribution in [2.45, 2.75) is 51.2 Å². The quantitative estimate of drug-likeness (QED) is 0.874. The van der Waals surface area contributed by atoms with E-state index in [1.807, 2.05) is 24.0 Å². The Morgan fingerprint density at radius 1 is 1.15 bits per heavy atom. The lowest BCUT2D eigenvalue weighted by Gasteiger charge is -2.38. The van der Waals surface area contributed by atoms with Gasteiger partial charge in [-0.2, -0.15) is 5.10 Å². The van der Waals surface area contributed by atoms with Crippen molar-refractivity contribution in [3.05, 3.63) is 17.8 Å². The van der Waals surface area contributed by atoms with Crippen LogP contribution < -0.4 is 10.2 Å². The van der Waals surface area contributed by atoms with Crippen LogP contribution in [0.3, 0.4) is 0 Å². The van der Waals surface area contributed by atoms with Crippen LogP contribution in [0.25, 0.3) is 0 Å². The maximum Gasteiger partial charge on any atom is 0.317 e. The molecule has 0 aromatic carbocycles. The SMILES string of the molecule is Cc1ccc(N2CCO[C@@H]3CN(C(=O)NC4CCCC4)CC[C@@H]3C2)nn1. The number of carbonyl (C=O) groups excluding carboxylic acids is 1. The molecule has 2 atom stereocenters. The number of amides is 2. The summed E-state index contributed by atoms with van der Waals surface area (Å²) < 4.78 is 6.12. The van der Waals surface area contributed by atoms with Gasteiger partial charge in [0.05, 0.1) is 18.4 Å². The van der Waals surface area contributed by atoms with E-state index >= 15 is 0 Å². The predicted molar refractivity (Wildman–Crippen MR) is 99.2 cm³/mol. The van der Waals surface area contributed by atoms with Crippen LogP contribution in [0.2, 0.25) is 0 Å². The fourth-order valence-corrected chi connectivity index (χ4v) is 4.34. The van der Waals surface area contributed by atoms with Crippen molar-refractivity contribution in [3.8, 4) is 0 Å². The summed E-state index contributed by atoms with van der Waals surface area (Å²) in [6.07, 6.45) is 5.79. The summed E-state index contributed by atoms with van der Waals surface area (Å²) in [4.78, 5) is 16.8. The molecular formula is C19H29N5O2. The number of likely N-dealkylation sites (tertiary alicyclic amines) is 1. The minimum absolute atomic E-state index is 0.0875. The van der Waals surface area contributed by atoms with E-state index in [1.165, 1.54) is 12.8 Å². The third-order valence-electron chi connectivity index (χ3n) is 5.92. The molecule has 7 heteroatoms. The van der Waals surface area contributed by atoms with Gasteiger partial charge in [0.15, 0.2) is 5.82 Å². The minimum Gasteiger partial charge on any atom is -0.374 e. The Kier molecular flexibility index (Phi) is 5.24. The number of hydrogen-bond acceptors (Lipinski definition) is 5. The van der Waals surface area contributed by atoms with Gasteiger partial charge in [0.25, 0.3) is 0 Å². The highest BCUT2D eigenvalue weighted by atomic mass is 16.5. The fraction of sp³-hybridized carbons (Fsp3) is 0.737. The summed E-state index contributed by atoms with van der Waals surface area (Å²) in [5.74, 6) is 1.34. The van der Waals surface area contributed by atoms with E-state index in [0.29, 0.717) is 25.1 Å². The number of nitrogens with one attached hydrogen (secondary N) is 1. The lowest BCUT2D eigenvalue weighted by molar-refractivity contribution is -0.0112. The van der Waals surface area contributed by atoms with Crippen molar-refractivity contribution in [2.24, 2.45) is 5.92 Å². The molecule has 2 aliphatic heterocycles. The predicted octanol–water partition coefficient (Wildman–Crippen LogP) is 1.96. The number of carbonyl (C=O) groups is 1. The Morgan fingerprint density at radius 2 is 2.00 bits per heavy atom. The first-order valence-corrected chi connectivity index (χ1v) is 9.91. The molecule has 142 valence electrons. The van der Waals surface area contributed by atoms with Crippen LogP contribution in [-0.2, 0) is 4.74 Å². The summed E-state index contributed by atoms with van der Waals surface area (Å²) in [6.45, 7) is 5.84. The molecule has 7 nitrogen and oxygen atoms in total. The van der Waals surface area contributed by atoms with E-state index in [2.05, 4.69) is 20.4 Å². The van der Waals surface area contributed by atoms with Gasteiger partial charge in [0.1, 0.15) is 0 Å². The molecule has 1 aliphatic carbocycles. The second-order valence-electron chi connectivity index (χ2n) is 7.81. The Balaban J connectivity index is 1.35. The molecule has 3 heterocycles. The zero-order chi connectivity index (χ0) is 17.9. The van der Waals surface area contributed by atoms with Gasteiger partial charge < -0.3 is 19.9 Å². The van der Waals surface area contributed by atoms with Crippen molar-refractivity contribution < 1.29 is 9.53 Å². The number of hydrogen-bond donors (Lipinski definition) is 1. The molecule has 0 radical (unpaired) electrons. The number of aromatic nitrogens is 2. The molecule has 4 rings (SSSR count). The van der Waals surface area contributed by atoms with E-state index in [9.17, 15) is 4.79 Å². The van der Waals surface area contributed by atoms with Gasteiger partial charge in [0.2, 0.25) is 0 Å². The van der Waals surface area contributed by atoms with Crippen LogP contribution in [-0.4, -0.2) is 66.1 Å². The van der Waals surface area contributed by atoms with Crippen LogP contribution in [0.15, 0.2) is 12.1 Å². The molecule has 26 heavy (non-hydrogen) atoms. The highest BCUT2D eigenvalue weighted by Crippen LogP contribution is 2.26. The zero-order valence-corrected chi connectivity index (χ0v) is 15.6. The van der Waals surface area contributed by atoms with Crippen LogP contribution in [0.1, 0.15) is 37.8 Å². The Bertz CT molecular complexity index is 617. The smallest absolute Gasteiger partial charge is 0.317 e. The highest BCUT2D eigenvalue weighted by Gasteiger charge is 2.36. The second kappa shape index (κ2) is 7.78. The average Bonchev–Trinajstić information content (AvgIpc) is 3.06. The number of aryl methyl sites for hydroxylation is 1. The number of piperidine rings is 1. The van der Waals surface area contributed by atoms with Gasteiger partial charge in [-0.3, -0.25) is 0 Å². The van der Waals surface area contributed by atoms with Crippen molar-refractivity contribution in [3.63, 3.8) is 0 Å². The standard InChI is InChI=1S/C19H29N5O2/c1-14-6-7-18(22-21-14)23-10-11-26-17-13-24(9-8-15(17)12-23)19(25)20-16-4-2-3-5-16/h6-7,15-17H,2-5,8-13H2,1H3,(H,20,25)/t15-,17-/m1/s1. The van der Waals surface area contributed by atoms with Crippen molar-refractivity contribution >= 4 is 11.8 Å². The number of fused-ring (bicyclic) bond motifs is 1. The van der Waals surface area contributed by atoms with Crippen molar-refractivity contribution in [2.75, 3.05) is 37.7 Å². The molecule has 0 spiro atoms. The van der Waals surface area contributed by atoms with Crippen molar-refractivity contribution in [1.29, 1.82) is 0 Å². The third-order valence-corrected chi connectivity index (χ3v) is 5.92. The van der Waals surface area contributed by atoms with E-state index in [-0.39, 0.29) is 12.1 Å². The maximum absolute atomic E-state index is 12.6. The Hall–Kier alpha value is -1.89. The molecule has 2 saturated heterocycles. The Labute approximate surface area is 155 Å². The topological polar surface area (TPSA) is 70.6 Å². The molecule has 1 aromatic heterocycles. The summed E-state index contributed by atoms with van der Waals surface area (Å²) in [5.41, 5.74) is 0.930. The van der Waals surface area contributed by atoms with Gasteiger partial charge >= 0.3 is 6.03 Å². The molecule has 3 fully saturated rings. The van der Waals surface area contributed by atoms with Gasteiger partial charge in [-0.1, -0.05) is 12.8 Å². The molecule has 0 unspecified atom stereocenters. The molecule has 1 saturated carbocycles. The van der Waals surface area contributed by atoms with Crippen molar-refractivity contribution in [1.82, 2.24) is 20.4 Å². The van der Waals surface area contributed by atoms with E-state index in [1.54, 1.807) is 0 Å². The summed E-state index contributed by atoms with van der Waals surface area (Å²) in [5, 5.41) is 11.7. The number of urea groups is 1. The van der Waals surface area contributed by atoms with Crippen LogP contribution >= 0.6 is 0 Å². The van der Waals surface area contributed by atoms with E-state index in [0.717, 1.165) is 50.4 Å². The van der Waals surface area contributed by atoms with Gasteiger partial charge in [-0.05, 0) is 38.3 Å². The highest BCUT2D eigenvalue weighted by molar-refractivity contribution is 5.74. The number of ether oxygens (including phenoxy) is 1. The normalized spacial score (nSPS) is 27.1. The second-order valence-corrected chi connectivity index (χ2v) is 7.81. The zero-order valence-electron chi connectivity index (χ0n) is 15.6. The Morgan fingerprint density at radius 3 is 2.77 bits per heavy atom. The lowest BCUT2D eigenvalue weighted by atomic mass is 9.93. The van der Waals surface area contributed by atoms with Gasteiger partial charge in [-0.15, -0.1) is 5.10 Å². The summed E-state index contributed by atoms with van der Waals surface area (Å²) in [7, 11) is 0. The summed E-state index contributed by atoms with van der Waals surface area (Å²) >= 11 is 0. The first-order valence-electron chi connectivity index (χ1n) is 9.91. The van der Waals surface area contributed by atoms with Gasteiger partial charge in [0, 0.05) is 38.1 Å². The first-order chi connectivity index (χ1) is 12.7. The largest absolute Gasteiger partial charge is 0.374 e. The molecule has 1 aromatic rings. The maximum atomic E-state index is 12.6. The van der Waals surface area contributed by atoms with Crippen LogP contribution in [0, 0.1) is 12.8 Å². The first kappa shape index (κ1) is 17.5. The van der Waals surface area contributed by atoms with E-state index < -0.39 is 0 Å². The summed E-state index contributed by atoms with van der Waals surface area (Å²) in [6, 6.07) is 4.49. The fourth-order valence-electron chi connectivity index (χ4n) is 4.34. The molecule has 2 amide bonds. The molecular weight excluding hydrogens is 330 g/mol. The minimum atomic E-state index is 0.0875. The van der Waals surface area contributed by atoms with E-state index in [4.69, 9.17) is 4.74 Å². The molecule has 3 aliphatic rings. The lowest BCUT2D eigenvalue weighted by Crippen LogP contribution is -2.53.